The van der Waals surface area contributed by atoms with Gasteiger partial charge in [0.2, 0.25) is 5.91 Å². The number of fused-ring (bicyclic) bond motifs is 1. The van der Waals surface area contributed by atoms with Crippen LogP contribution in [-0.4, -0.2) is 26.4 Å². The van der Waals surface area contributed by atoms with Gasteiger partial charge in [-0.25, -0.2) is 0 Å². The zero-order valence-electron chi connectivity index (χ0n) is 13.6. The molecule has 2 aromatic rings. The van der Waals surface area contributed by atoms with Crippen LogP contribution in [0, 0.1) is 13.8 Å². The Morgan fingerprint density at radius 1 is 1.26 bits per heavy atom. The predicted molar refractivity (Wildman–Crippen MR) is 92.8 cm³/mol. The van der Waals surface area contributed by atoms with E-state index in [-0.39, 0.29) is 5.91 Å². The van der Waals surface area contributed by atoms with E-state index in [1.54, 1.807) is 0 Å². The Hall–Kier alpha value is -1.82. The molecule has 0 fully saturated rings. The summed E-state index contributed by atoms with van der Waals surface area (Å²) >= 11 is 1.47. The van der Waals surface area contributed by atoms with E-state index in [9.17, 15) is 4.79 Å². The minimum Gasteiger partial charge on any atom is -0.325 e. The lowest BCUT2D eigenvalue weighted by Crippen LogP contribution is -2.15. The maximum absolute atomic E-state index is 12.2. The van der Waals surface area contributed by atoms with Crippen LogP contribution in [0.4, 0.5) is 5.69 Å². The Morgan fingerprint density at radius 2 is 2.13 bits per heavy atom. The summed E-state index contributed by atoms with van der Waals surface area (Å²) < 4.78 is 2.17. The third-order valence-corrected chi connectivity index (χ3v) is 5.25. The second-order valence-electron chi connectivity index (χ2n) is 5.95. The lowest BCUT2D eigenvalue weighted by Gasteiger charge is -2.10. The number of aryl methyl sites for hydroxylation is 2. The van der Waals surface area contributed by atoms with Gasteiger partial charge >= 0.3 is 0 Å². The molecule has 1 amide bonds. The molecule has 1 aliphatic rings. The van der Waals surface area contributed by atoms with Crippen LogP contribution in [0.1, 0.15) is 36.2 Å². The van der Waals surface area contributed by atoms with Crippen LogP contribution < -0.4 is 5.32 Å². The fourth-order valence-electron chi connectivity index (χ4n) is 2.77. The van der Waals surface area contributed by atoms with Crippen molar-refractivity contribution in [3.05, 3.63) is 35.2 Å². The van der Waals surface area contributed by atoms with Gasteiger partial charge in [0.05, 0.1) is 5.75 Å². The summed E-state index contributed by atoms with van der Waals surface area (Å²) in [5.41, 5.74) is 3.18. The SMILES string of the molecule is Cc1cccc(NC(=O)CSc2nnc3n2CCCCC3)c1C. The van der Waals surface area contributed by atoms with Crippen molar-refractivity contribution in [1.29, 1.82) is 0 Å². The first-order chi connectivity index (χ1) is 11.1. The highest BCUT2D eigenvalue weighted by molar-refractivity contribution is 7.99. The van der Waals surface area contributed by atoms with E-state index in [0.717, 1.165) is 41.6 Å². The van der Waals surface area contributed by atoms with Crippen LogP contribution in [-0.2, 0) is 17.8 Å². The van der Waals surface area contributed by atoms with Crippen molar-refractivity contribution >= 4 is 23.4 Å². The number of carbonyl (C=O) groups is 1. The molecule has 1 aliphatic heterocycles. The average molecular weight is 330 g/mol. The average Bonchev–Trinajstić information content (AvgIpc) is 2.76. The molecule has 0 atom stereocenters. The van der Waals surface area contributed by atoms with Crippen molar-refractivity contribution < 1.29 is 4.79 Å². The molecule has 1 N–H and O–H groups in total. The van der Waals surface area contributed by atoms with Crippen molar-refractivity contribution in [2.75, 3.05) is 11.1 Å². The summed E-state index contributed by atoms with van der Waals surface area (Å²) in [5, 5.41) is 12.4. The van der Waals surface area contributed by atoms with E-state index >= 15 is 0 Å². The van der Waals surface area contributed by atoms with Gasteiger partial charge in [0.15, 0.2) is 5.16 Å². The smallest absolute Gasteiger partial charge is 0.234 e. The molecule has 0 spiro atoms. The van der Waals surface area contributed by atoms with Crippen LogP contribution in [0.3, 0.4) is 0 Å². The second kappa shape index (κ2) is 7.17. The number of amides is 1. The summed E-state index contributed by atoms with van der Waals surface area (Å²) in [6.07, 6.45) is 4.56. The lowest BCUT2D eigenvalue weighted by atomic mass is 10.1. The molecule has 1 aromatic carbocycles. The minimum atomic E-state index is -0.00493. The maximum atomic E-state index is 12.2. The molecule has 6 heteroatoms. The normalized spacial score (nSPS) is 14.2. The Bertz CT molecular complexity index is 711. The van der Waals surface area contributed by atoms with E-state index in [0.29, 0.717) is 5.75 Å². The van der Waals surface area contributed by atoms with E-state index in [2.05, 4.69) is 20.1 Å². The molecule has 0 unspecified atom stereocenters. The molecule has 122 valence electrons. The van der Waals surface area contributed by atoms with Crippen LogP contribution in [0.2, 0.25) is 0 Å². The molecule has 23 heavy (non-hydrogen) atoms. The summed E-state index contributed by atoms with van der Waals surface area (Å²) in [7, 11) is 0. The molecular weight excluding hydrogens is 308 g/mol. The third-order valence-electron chi connectivity index (χ3n) is 4.29. The van der Waals surface area contributed by atoms with Crippen molar-refractivity contribution in [3.8, 4) is 0 Å². The Balaban J connectivity index is 1.61. The number of anilines is 1. The number of hydrogen-bond donors (Lipinski definition) is 1. The van der Waals surface area contributed by atoms with Crippen LogP contribution in [0.15, 0.2) is 23.4 Å². The highest BCUT2D eigenvalue weighted by atomic mass is 32.2. The molecule has 3 rings (SSSR count). The van der Waals surface area contributed by atoms with Crippen LogP contribution >= 0.6 is 11.8 Å². The maximum Gasteiger partial charge on any atom is 0.234 e. The number of rotatable bonds is 4. The number of nitrogens with zero attached hydrogens (tertiary/aromatic N) is 3. The van der Waals surface area contributed by atoms with Gasteiger partial charge in [0, 0.05) is 18.7 Å². The van der Waals surface area contributed by atoms with E-state index in [1.165, 1.54) is 30.2 Å². The Morgan fingerprint density at radius 3 is 3.00 bits per heavy atom. The van der Waals surface area contributed by atoms with E-state index < -0.39 is 0 Å². The van der Waals surface area contributed by atoms with Crippen molar-refractivity contribution in [2.45, 2.75) is 51.2 Å². The Kier molecular flexibility index (Phi) is 5.00. The molecule has 1 aromatic heterocycles. The first kappa shape index (κ1) is 16.1. The molecule has 0 aliphatic carbocycles. The van der Waals surface area contributed by atoms with Gasteiger partial charge in [-0.15, -0.1) is 10.2 Å². The Labute approximate surface area is 140 Å². The first-order valence-corrected chi connectivity index (χ1v) is 9.04. The van der Waals surface area contributed by atoms with E-state index in [1.807, 2.05) is 32.0 Å². The fourth-order valence-corrected chi connectivity index (χ4v) is 3.55. The van der Waals surface area contributed by atoms with Gasteiger partial charge in [-0.1, -0.05) is 30.3 Å². The molecule has 0 bridgehead atoms. The van der Waals surface area contributed by atoms with Crippen LogP contribution in [0.5, 0.6) is 0 Å². The van der Waals surface area contributed by atoms with Gasteiger partial charge in [-0.3, -0.25) is 4.79 Å². The molecule has 0 radical (unpaired) electrons. The number of thioether (sulfide) groups is 1. The lowest BCUT2D eigenvalue weighted by molar-refractivity contribution is -0.113. The summed E-state index contributed by atoms with van der Waals surface area (Å²) in [6, 6.07) is 5.95. The van der Waals surface area contributed by atoms with Crippen molar-refractivity contribution in [3.63, 3.8) is 0 Å². The molecule has 5 nitrogen and oxygen atoms in total. The van der Waals surface area contributed by atoms with Gasteiger partial charge in [0.25, 0.3) is 0 Å². The zero-order valence-corrected chi connectivity index (χ0v) is 14.4. The summed E-state index contributed by atoms with van der Waals surface area (Å²) in [5.74, 6) is 1.40. The van der Waals surface area contributed by atoms with Crippen LogP contribution in [0.25, 0.3) is 0 Å². The molecule has 0 saturated carbocycles. The quantitative estimate of drug-likeness (QED) is 0.873. The zero-order chi connectivity index (χ0) is 16.2. The molecule has 0 saturated heterocycles. The largest absolute Gasteiger partial charge is 0.325 e. The summed E-state index contributed by atoms with van der Waals surface area (Å²) in [4.78, 5) is 12.2. The second-order valence-corrected chi connectivity index (χ2v) is 6.89. The standard InChI is InChI=1S/C17H22N4OS/c1-12-7-6-8-14(13(12)2)18-16(22)11-23-17-20-19-15-9-4-3-5-10-21(15)17/h6-8H,3-5,9-11H2,1-2H3,(H,18,22). The van der Waals surface area contributed by atoms with Gasteiger partial charge in [-0.2, -0.15) is 0 Å². The highest BCUT2D eigenvalue weighted by Gasteiger charge is 2.16. The van der Waals surface area contributed by atoms with E-state index in [4.69, 9.17) is 0 Å². The number of nitrogens with one attached hydrogen (secondary N) is 1. The van der Waals surface area contributed by atoms with Gasteiger partial charge in [0.1, 0.15) is 5.82 Å². The van der Waals surface area contributed by atoms with Gasteiger partial charge < -0.3 is 9.88 Å². The summed E-state index contributed by atoms with van der Waals surface area (Å²) in [6.45, 7) is 5.03. The van der Waals surface area contributed by atoms with Gasteiger partial charge in [-0.05, 0) is 43.9 Å². The number of hydrogen-bond acceptors (Lipinski definition) is 4. The molecular formula is C17H22N4OS. The fraction of sp³-hybridized carbons (Fsp3) is 0.471. The van der Waals surface area contributed by atoms with Crippen molar-refractivity contribution in [2.24, 2.45) is 0 Å². The number of carbonyl (C=O) groups excluding carboxylic acids is 1. The predicted octanol–water partition coefficient (Wildman–Crippen LogP) is 3.35. The van der Waals surface area contributed by atoms with Crippen molar-refractivity contribution in [1.82, 2.24) is 14.8 Å². The number of benzene rings is 1. The number of aromatic nitrogens is 3. The first-order valence-electron chi connectivity index (χ1n) is 8.06. The minimum absolute atomic E-state index is 0.00493. The monoisotopic (exact) mass is 330 g/mol. The highest BCUT2D eigenvalue weighted by Crippen LogP contribution is 2.23. The topological polar surface area (TPSA) is 59.8 Å². The molecule has 2 heterocycles. The third kappa shape index (κ3) is 3.75.